The largest absolute Gasteiger partial charge is 0.463 e. The molecule has 1 aromatic heterocycles. The number of nitrogens with one attached hydrogen (secondary N) is 1. The van der Waals surface area contributed by atoms with Gasteiger partial charge in [0, 0.05) is 18.7 Å². The van der Waals surface area contributed by atoms with Gasteiger partial charge in [-0.3, -0.25) is 0 Å². The summed E-state index contributed by atoms with van der Waals surface area (Å²) in [5.41, 5.74) is 5.78. The molecule has 7 nitrogen and oxygen atoms in total. The van der Waals surface area contributed by atoms with Crippen molar-refractivity contribution >= 4 is 28.4 Å². The summed E-state index contributed by atoms with van der Waals surface area (Å²) >= 11 is 0. The number of esters is 1. The summed E-state index contributed by atoms with van der Waals surface area (Å²) in [4.78, 5) is 11.4. The smallest absolute Gasteiger partial charge is 0.373 e. The van der Waals surface area contributed by atoms with Gasteiger partial charge >= 0.3 is 5.97 Å². The molecule has 1 aliphatic carbocycles. The molecule has 9 heteroatoms. The molecule has 0 aromatic carbocycles. The number of sulfonamides is 1. The number of methoxy groups -OCH3 is 1. The van der Waals surface area contributed by atoms with E-state index >= 15 is 0 Å². The average molecular weight is 381 g/mol. The van der Waals surface area contributed by atoms with Gasteiger partial charge in [0.15, 0.2) is 0 Å². The molecule has 24 heavy (non-hydrogen) atoms. The van der Waals surface area contributed by atoms with Crippen LogP contribution in [0.25, 0.3) is 0 Å². The highest BCUT2D eigenvalue weighted by Gasteiger charge is 2.30. The van der Waals surface area contributed by atoms with Crippen molar-refractivity contribution in [2.45, 2.75) is 50.0 Å². The van der Waals surface area contributed by atoms with E-state index in [-0.39, 0.29) is 47.3 Å². The SMILES string of the molecule is COC(=O)c1cc(S(=O)(=O)NC(CN)C2CCCCC2)c(C)o1.Cl. The predicted molar refractivity (Wildman–Crippen MR) is 91.8 cm³/mol. The second kappa shape index (κ2) is 8.84. The first-order valence-electron chi connectivity index (χ1n) is 7.80. The highest BCUT2D eigenvalue weighted by Crippen LogP contribution is 2.28. The standard InChI is InChI=1S/C15H24N2O5S.ClH/c1-10-14(8-13(22-10)15(18)21-2)23(19,20)17-12(9-16)11-6-4-3-5-7-11;/h8,11-12,17H,3-7,9,16H2,1-2H3;1H. The predicted octanol–water partition coefficient (Wildman–Crippen LogP) is 1.98. The van der Waals surface area contributed by atoms with Crippen molar-refractivity contribution in [3.8, 4) is 0 Å². The lowest BCUT2D eigenvalue weighted by Gasteiger charge is -2.29. The third-order valence-corrected chi connectivity index (χ3v) is 5.93. The van der Waals surface area contributed by atoms with Gasteiger partial charge in [0.05, 0.1) is 7.11 Å². The summed E-state index contributed by atoms with van der Waals surface area (Å²) < 4.78 is 37.6. The Balaban J connectivity index is 0.00000288. The minimum atomic E-state index is -3.80. The summed E-state index contributed by atoms with van der Waals surface area (Å²) in [7, 11) is -2.60. The molecule has 2 rings (SSSR count). The second-order valence-corrected chi connectivity index (χ2v) is 7.57. The van der Waals surface area contributed by atoms with Crippen LogP contribution in [0.2, 0.25) is 0 Å². The van der Waals surface area contributed by atoms with Crippen molar-refractivity contribution in [1.82, 2.24) is 4.72 Å². The zero-order chi connectivity index (χ0) is 17.0. The minimum absolute atomic E-state index is 0. The first-order chi connectivity index (χ1) is 10.9. The van der Waals surface area contributed by atoms with E-state index in [1.54, 1.807) is 0 Å². The maximum Gasteiger partial charge on any atom is 0.373 e. The molecular formula is C15H25ClN2O5S. The van der Waals surface area contributed by atoms with Crippen molar-refractivity contribution in [2.24, 2.45) is 11.7 Å². The summed E-state index contributed by atoms with van der Waals surface area (Å²) in [6.45, 7) is 1.74. The van der Waals surface area contributed by atoms with Gasteiger partial charge in [0.25, 0.3) is 0 Å². The molecule has 1 heterocycles. The molecule has 0 spiro atoms. The first-order valence-corrected chi connectivity index (χ1v) is 9.28. The summed E-state index contributed by atoms with van der Waals surface area (Å²) in [6.07, 6.45) is 5.33. The monoisotopic (exact) mass is 380 g/mol. The van der Waals surface area contributed by atoms with Gasteiger partial charge in [-0.2, -0.15) is 0 Å². The molecule has 1 unspecified atom stereocenters. The minimum Gasteiger partial charge on any atom is -0.463 e. The molecule has 0 radical (unpaired) electrons. The van der Waals surface area contributed by atoms with E-state index in [9.17, 15) is 13.2 Å². The van der Waals surface area contributed by atoms with Gasteiger partial charge < -0.3 is 14.9 Å². The molecule has 1 fully saturated rings. The molecule has 1 aromatic rings. The Morgan fingerprint density at radius 1 is 1.42 bits per heavy atom. The summed E-state index contributed by atoms with van der Waals surface area (Å²) in [6, 6.07) is 0.883. The Bertz CT molecular complexity index is 653. The third-order valence-electron chi connectivity index (χ3n) is 4.33. The Labute approximate surface area is 148 Å². The maximum absolute atomic E-state index is 12.6. The van der Waals surface area contributed by atoms with E-state index in [2.05, 4.69) is 9.46 Å². The van der Waals surface area contributed by atoms with Crippen molar-refractivity contribution < 1.29 is 22.4 Å². The fraction of sp³-hybridized carbons (Fsp3) is 0.667. The first kappa shape index (κ1) is 21.0. The van der Waals surface area contributed by atoms with Gasteiger partial charge in [-0.1, -0.05) is 19.3 Å². The lowest BCUT2D eigenvalue weighted by molar-refractivity contribution is 0.0563. The normalized spacial score (nSPS) is 17.1. The van der Waals surface area contributed by atoms with Crippen LogP contribution in [0.5, 0.6) is 0 Å². The summed E-state index contributed by atoms with van der Waals surface area (Å²) in [5, 5.41) is 0. The molecule has 1 saturated carbocycles. The number of hydrogen-bond acceptors (Lipinski definition) is 6. The van der Waals surface area contributed by atoms with Gasteiger partial charge in [0.1, 0.15) is 10.7 Å². The molecule has 0 bridgehead atoms. The zero-order valence-electron chi connectivity index (χ0n) is 13.9. The Morgan fingerprint density at radius 2 is 2.04 bits per heavy atom. The van der Waals surface area contributed by atoms with Crippen LogP contribution in [0.3, 0.4) is 0 Å². The average Bonchev–Trinajstić information content (AvgIpc) is 2.95. The van der Waals surface area contributed by atoms with E-state index in [0.717, 1.165) is 25.7 Å². The van der Waals surface area contributed by atoms with Gasteiger partial charge in [-0.05, 0) is 25.7 Å². The van der Waals surface area contributed by atoms with Crippen molar-refractivity contribution in [2.75, 3.05) is 13.7 Å². The van der Waals surface area contributed by atoms with Gasteiger partial charge in [0.2, 0.25) is 15.8 Å². The molecule has 1 atom stereocenters. The number of nitrogens with two attached hydrogens (primary N) is 1. The van der Waals surface area contributed by atoms with Crippen LogP contribution in [0, 0.1) is 12.8 Å². The Morgan fingerprint density at radius 3 is 2.58 bits per heavy atom. The van der Waals surface area contributed by atoms with E-state index in [4.69, 9.17) is 10.2 Å². The Hall–Kier alpha value is -1.09. The molecular weight excluding hydrogens is 356 g/mol. The quantitative estimate of drug-likeness (QED) is 0.730. The van der Waals surface area contributed by atoms with E-state index in [1.165, 1.54) is 26.5 Å². The number of furan rings is 1. The highest BCUT2D eigenvalue weighted by atomic mass is 35.5. The molecule has 1 aliphatic rings. The van der Waals surface area contributed by atoms with Crippen LogP contribution in [-0.4, -0.2) is 34.1 Å². The number of carbonyl (C=O) groups excluding carboxylic acids is 1. The van der Waals surface area contributed by atoms with E-state index < -0.39 is 16.0 Å². The highest BCUT2D eigenvalue weighted by molar-refractivity contribution is 7.89. The van der Waals surface area contributed by atoms with Crippen LogP contribution < -0.4 is 10.5 Å². The summed E-state index contributed by atoms with van der Waals surface area (Å²) in [5.74, 6) is -0.447. The van der Waals surface area contributed by atoms with Crippen molar-refractivity contribution in [3.63, 3.8) is 0 Å². The molecule has 0 aliphatic heterocycles. The fourth-order valence-corrected chi connectivity index (χ4v) is 4.57. The maximum atomic E-state index is 12.6. The lowest BCUT2D eigenvalue weighted by Crippen LogP contribution is -2.45. The fourth-order valence-electron chi connectivity index (χ4n) is 3.07. The van der Waals surface area contributed by atoms with E-state index in [0.29, 0.717) is 0 Å². The van der Waals surface area contributed by atoms with Crippen LogP contribution in [0.15, 0.2) is 15.4 Å². The number of rotatable bonds is 6. The number of hydrogen-bond donors (Lipinski definition) is 2. The number of ether oxygens (including phenoxy) is 1. The van der Waals surface area contributed by atoms with Gasteiger partial charge in [-0.25, -0.2) is 17.9 Å². The van der Waals surface area contributed by atoms with Crippen molar-refractivity contribution in [3.05, 3.63) is 17.6 Å². The second-order valence-electron chi connectivity index (χ2n) is 5.88. The van der Waals surface area contributed by atoms with Crippen LogP contribution in [-0.2, 0) is 14.8 Å². The zero-order valence-corrected chi connectivity index (χ0v) is 15.5. The van der Waals surface area contributed by atoms with Crippen molar-refractivity contribution in [1.29, 1.82) is 0 Å². The van der Waals surface area contributed by atoms with Crippen LogP contribution in [0.4, 0.5) is 0 Å². The topological polar surface area (TPSA) is 112 Å². The molecule has 0 amide bonds. The Kier molecular flexibility index (Phi) is 7.72. The third kappa shape index (κ3) is 4.72. The van der Waals surface area contributed by atoms with Gasteiger partial charge in [-0.15, -0.1) is 12.4 Å². The number of carbonyl (C=O) groups is 1. The lowest BCUT2D eigenvalue weighted by atomic mass is 9.84. The number of halogens is 1. The van der Waals surface area contributed by atoms with Crippen LogP contribution in [0.1, 0.15) is 48.4 Å². The molecule has 0 saturated heterocycles. The molecule has 3 N–H and O–H groups in total. The molecule has 138 valence electrons. The van der Waals surface area contributed by atoms with Crippen LogP contribution >= 0.6 is 12.4 Å². The number of aryl methyl sites for hydroxylation is 1. The van der Waals surface area contributed by atoms with E-state index in [1.807, 2.05) is 0 Å².